The van der Waals surface area contributed by atoms with E-state index in [4.69, 9.17) is 9.05 Å². The Kier molecular flexibility index (Phi) is 9.90. The normalized spacial score (nSPS) is 12.2. The van der Waals surface area contributed by atoms with Gasteiger partial charge in [-0.3, -0.25) is 0 Å². The summed E-state index contributed by atoms with van der Waals surface area (Å²) in [5, 5.41) is 7.90. The predicted octanol–water partition coefficient (Wildman–Crippen LogP) is 7.06. The molecule has 150 valence electrons. The zero-order valence-corrected chi connectivity index (χ0v) is 19.1. The molecular formula is C22H40N2O2. The first-order valence-electron chi connectivity index (χ1n) is 9.90. The summed E-state index contributed by atoms with van der Waals surface area (Å²) in [4.78, 5) is 0. The lowest BCUT2D eigenvalue weighted by Gasteiger charge is -2.29. The fraction of sp³-hybridized carbons (Fsp3) is 0.727. The van der Waals surface area contributed by atoms with Gasteiger partial charge < -0.3 is 9.05 Å². The van der Waals surface area contributed by atoms with E-state index in [1.807, 2.05) is 41.5 Å². The molecule has 0 N–H and O–H groups in total. The molecular weight excluding hydrogens is 324 g/mol. The largest absolute Gasteiger partial charge is 0.361 e. The van der Waals surface area contributed by atoms with E-state index >= 15 is 0 Å². The lowest BCUT2D eigenvalue weighted by molar-refractivity contribution is 0.355. The molecule has 0 aromatic carbocycles. The second-order valence-electron chi connectivity index (χ2n) is 7.62. The van der Waals surface area contributed by atoms with Crippen LogP contribution >= 0.6 is 0 Å². The smallest absolute Gasteiger partial charge is 0.137 e. The number of aromatic nitrogens is 2. The van der Waals surface area contributed by atoms with E-state index in [-0.39, 0.29) is 5.41 Å². The van der Waals surface area contributed by atoms with Gasteiger partial charge in [0.1, 0.15) is 11.5 Å². The van der Waals surface area contributed by atoms with Crippen LogP contribution in [0.4, 0.5) is 0 Å². The summed E-state index contributed by atoms with van der Waals surface area (Å²) in [5.41, 5.74) is 4.76. The maximum atomic E-state index is 5.18. The third kappa shape index (κ3) is 5.72. The van der Waals surface area contributed by atoms with E-state index < -0.39 is 0 Å². The Hall–Kier alpha value is -1.58. The third-order valence-corrected chi connectivity index (χ3v) is 5.31. The van der Waals surface area contributed by atoms with Gasteiger partial charge in [0.2, 0.25) is 0 Å². The van der Waals surface area contributed by atoms with Gasteiger partial charge in [-0.05, 0) is 51.4 Å². The minimum atomic E-state index is 0.147. The van der Waals surface area contributed by atoms with Crippen LogP contribution in [0.15, 0.2) is 9.05 Å². The second kappa shape index (κ2) is 10.5. The SMILES string of the molecule is CC.CCC(C)c1c(C)noc1C.Cc1noc(C)c1C(C)(C)C(C)C. The van der Waals surface area contributed by atoms with Crippen molar-refractivity contribution in [3.63, 3.8) is 0 Å². The van der Waals surface area contributed by atoms with Gasteiger partial charge in [0.15, 0.2) is 0 Å². The standard InChI is InChI=1S/C11H19NO.C9H15NO.C2H6/c1-7(2)11(5,6)10-8(3)12-13-9(10)4;1-5-6(2)9-7(3)10-11-8(9)4;1-2/h7H,1-6H3;6H,5H2,1-4H3;1-2H3. The van der Waals surface area contributed by atoms with E-state index in [1.54, 1.807) is 0 Å². The second-order valence-corrected chi connectivity index (χ2v) is 7.62. The molecule has 2 aromatic rings. The highest BCUT2D eigenvalue weighted by atomic mass is 16.5. The Morgan fingerprint density at radius 2 is 1.31 bits per heavy atom. The van der Waals surface area contributed by atoms with E-state index in [0.29, 0.717) is 11.8 Å². The zero-order valence-electron chi connectivity index (χ0n) is 19.1. The lowest BCUT2D eigenvalue weighted by atomic mass is 9.74. The molecule has 2 aromatic heterocycles. The van der Waals surface area contributed by atoms with Crippen LogP contribution in [0.5, 0.6) is 0 Å². The molecule has 4 nitrogen and oxygen atoms in total. The summed E-state index contributed by atoms with van der Waals surface area (Å²) in [7, 11) is 0. The molecule has 0 radical (unpaired) electrons. The van der Waals surface area contributed by atoms with Crippen molar-refractivity contribution in [2.45, 2.75) is 101 Å². The number of nitrogens with zero attached hydrogens (tertiary/aromatic N) is 2. The van der Waals surface area contributed by atoms with Crippen molar-refractivity contribution in [2.24, 2.45) is 5.92 Å². The monoisotopic (exact) mass is 364 g/mol. The maximum Gasteiger partial charge on any atom is 0.137 e. The number of hydrogen-bond acceptors (Lipinski definition) is 4. The van der Waals surface area contributed by atoms with Gasteiger partial charge in [-0.1, -0.05) is 65.7 Å². The van der Waals surface area contributed by atoms with Gasteiger partial charge in [0.05, 0.1) is 11.4 Å². The molecule has 0 amide bonds. The zero-order chi connectivity index (χ0) is 20.7. The van der Waals surface area contributed by atoms with Gasteiger partial charge in [-0.2, -0.15) is 0 Å². The van der Waals surface area contributed by atoms with Crippen LogP contribution in [0.25, 0.3) is 0 Å². The first-order chi connectivity index (χ1) is 12.0. The molecule has 4 heteroatoms. The Morgan fingerprint density at radius 1 is 0.846 bits per heavy atom. The van der Waals surface area contributed by atoms with E-state index in [9.17, 15) is 0 Å². The van der Waals surface area contributed by atoms with Crippen molar-refractivity contribution in [1.82, 2.24) is 10.3 Å². The Balaban J connectivity index is 0.000000444. The van der Waals surface area contributed by atoms with Crippen molar-refractivity contribution in [1.29, 1.82) is 0 Å². The third-order valence-electron chi connectivity index (χ3n) is 5.31. The molecule has 0 aliphatic rings. The van der Waals surface area contributed by atoms with Crippen molar-refractivity contribution in [2.75, 3.05) is 0 Å². The molecule has 1 unspecified atom stereocenters. The van der Waals surface area contributed by atoms with E-state index in [1.165, 1.54) is 11.1 Å². The maximum absolute atomic E-state index is 5.18. The molecule has 1 atom stereocenters. The van der Waals surface area contributed by atoms with Gasteiger partial charge in [0.25, 0.3) is 0 Å². The summed E-state index contributed by atoms with van der Waals surface area (Å²) < 4.78 is 10.3. The molecule has 0 saturated carbocycles. The van der Waals surface area contributed by atoms with Crippen LogP contribution < -0.4 is 0 Å². The summed E-state index contributed by atoms with van der Waals surface area (Å²) in [5.74, 6) is 3.08. The summed E-state index contributed by atoms with van der Waals surface area (Å²) in [6.07, 6.45) is 1.14. The minimum Gasteiger partial charge on any atom is -0.361 e. The highest BCUT2D eigenvalue weighted by molar-refractivity contribution is 5.30. The van der Waals surface area contributed by atoms with Crippen LogP contribution in [0, 0.1) is 33.6 Å². The molecule has 0 aliphatic heterocycles. The highest BCUT2D eigenvalue weighted by Crippen LogP contribution is 2.35. The summed E-state index contributed by atoms with van der Waals surface area (Å²) in [6, 6.07) is 0. The Labute approximate surface area is 160 Å². The van der Waals surface area contributed by atoms with Crippen LogP contribution in [0.3, 0.4) is 0 Å². The number of hydrogen-bond donors (Lipinski definition) is 0. The van der Waals surface area contributed by atoms with E-state index in [2.05, 4.69) is 51.9 Å². The molecule has 0 aliphatic carbocycles. The van der Waals surface area contributed by atoms with Crippen molar-refractivity contribution in [3.05, 3.63) is 34.0 Å². The molecule has 0 bridgehead atoms. The van der Waals surface area contributed by atoms with Crippen molar-refractivity contribution < 1.29 is 9.05 Å². The topological polar surface area (TPSA) is 52.1 Å². The molecule has 0 spiro atoms. The van der Waals surface area contributed by atoms with Crippen LogP contribution in [0.2, 0.25) is 0 Å². The first-order valence-corrected chi connectivity index (χ1v) is 9.90. The van der Waals surface area contributed by atoms with Gasteiger partial charge in [-0.15, -0.1) is 0 Å². The van der Waals surface area contributed by atoms with Crippen molar-refractivity contribution in [3.8, 4) is 0 Å². The van der Waals surface area contributed by atoms with Crippen LogP contribution in [0.1, 0.15) is 102 Å². The van der Waals surface area contributed by atoms with Gasteiger partial charge >= 0.3 is 0 Å². The molecule has 2 heterocycles. The number of aryl methyl sites for hydroxylation is 4. The highest BCUT2D eigenvalue weighted by Gasteiger charge is 2.30. The van der Waals surface area contributed by atoms with Gasteiger partial charge in [0, 0.05) is 11.1 Å². The Bertz CT molecular complexity index is 612. The lowest BCUT2D eigenvalue weighted by Crippen LogP contribution is -2.25. The fourth-order valence-electron chi connectivity index (χ4n) is 3.09. The first kappa shape index (κ1) is 24.4. The average molecular weight is 365 g/mol. The Morgan fingerprint density at radius 3 is 1.62 bits per heavy atom. The predicted molar refractivity (Wildman–Crippen MR) is 110 cm³/mol. The molecule has 0 fully saturated rings. The van der Waals surface area contributed by atoms with Crippen molar-refractivity contribution >= 4 is 0 Å². The molecule has 0 saturated heterocycles. The minimum absolute atomic E-state index is 0.147. The fourth-order valence-corrected chi connectivity index (χ4v) is 3.09. The van der Waals surface area contributed by atoms with Crippen LogP contribution in [-0.4, -0.2) is 10.3 Å². The van der Waals surface area contributed by atoms with Crippen LogP contribution in [-0.2, 0) is 5.41 Å². The number of rotatable bonds is 4. The quantitative estimate of drug-likeness (QED) is 0.583. The molecule has 26 heavy (non-hydrogen) atoms. The summed E-state index contributed by atoms with van der Waals surface area (Å²) >= 11 is 0. The molecule has 2 rings (SSSR count). The average Bonchev–Trinajstić information content (AvgIpc) is 3.11. The summed E-state index contributed by atoms with van der Waals surface area (Å²) in [6.45, 7) is 25.3. The van der Waals surface area contributed by atoms with Gasteiger partial charge in [-0.25, -0.2) is 0 Å². The van der Waals surface area contributed by atoms with E-state index in [0.717, 1.165) is 29.3 Å².